The zero-order valence-electron chi connectivity index (χ0n) is 18.4. The minimum Gasteiger partial charge on any atom is -0.496 e. The first-order valence-electron chi connectivity index (χ1n) is 10.0. The number of aliphatic carboxylic acids is 1. The van der Waals surface area contributed by atoms with Crippen LogP contribution in [0.3, 0.4) is 0 Å². The number of hydrogen-bond donors (Lipinski definition) is 1. The van der Waals surface area contributed by atoms with Crippen molar-refractivity contribution in [3.05, 3.63) is 81.2 Å². The predicted molar refractivity (Wildman–Crippen MR) is 128 cm³/mol. The number of carbonyl (C=O) groups is 1. The molecule has 0 aliphatic heterocycles. The van der Waals surface area contributed by atoms with E-state index in [4.69, 9.17) is 20.8 Å². The molecule has 4 aromatic rings. The van der Waals surface area contributed by atoms with Gasteiger partial charge >= 0.3 is 5.97 Å². The Balaban J connectivity index is 1.66. The van der Waals surface area contributed by atoms with Gasteiger partial charge in [0.15, 0.2) is 0 Å². The average molecular weight is 500 g/mol. The molecule has 0 aliphatic rings. The molecule has 7 nitrogen and oxygen atoms in total. The largest absolute Gasteiger partial charge is 0.496 e. The fourth-order valence-electron chi connectivity index (χ4n) is 3.50. The highest BCUT2D eigenvalue weighted by Crippen LogP contribution is 2.35. The van der Waals surface area contributed by atoms with Crippen LogP contribution in [-0.4, -0.2) is 33.0 Å². The van der Waals surface area contributed by atoms with Gasteiger partial charge in [0.1, 0.15) is 16.5 Å². The van der Waals surface area contributed by atoms with Gasteiger partial charge in [0.25, 0.3) is 11.1 Å². The first-order valence-corrected chi connectivity index (χ1v) is 11.2. The molecule has 0 spiro atoms. The molecule has 0 saturated heterocycles. The third kappa shape index (κ3) is 4.85. The Morgan fingerprint density at radius 3 is 2.59 bits per heavy atom. The maximum atomic E-state index is 13.3. The molecule has 34 heavy (non-hydrogen) atoms. The number of aromatic nitrogens is 3. The van der Waals surface area contributed by atoms with E-state index in [9.17, 15) is 14.3 Å². The molecule has 0 fully saturated rings. The van der Waals surface area contributed by atoms with Crippen LogP contribution in [0, 0.1) is 19.7 Å². The number of benzene rings is 2. The van der Waals surface area contributed by atoms with Crippen LogP contribution in [-0.2, 0) is 4.79 Å². The quantitative estimate of drug-likeness (QED) is 0.240. The second-order valence-electron chi connectivity index (χ2n) is 7.27. The maximum absolute atomic E-state index is 13.3. The van der Waals surface area contributed by atoms with Crippen LogP contribution in [0.4, 0.5) is 4.39 Å². The third-order valence-electron chi connectivity index (χ3n) is 5.05. The van der Waals surface area contributed by atoms with E-state index in [0.717, 1.165) is 28.8 Å². The summed E-state index contributed by atoms with van der Waals surface area (Å²) >= 11 is 6.91. The molecule has 174 valence electrons. The van der Waals surface area contributed by atoms with Gasteiger partial charge in [-0.2, -0.15) is 0 Å². The first-order chi connectivity index (χ1) is 16.3. The maximum Gasteiger partial charge on any atom is 0.342 e. The van der Waals surface area contributed by atoms with E-state index in [-0.39, 0.29) is 21.8 Å². The normalized spacial score (nSPS) is 11.6. The molecule has 2 aromatic carbocycles. The van der Waals surface area contributed by atoms with E-state index in [1.165, 1.54) is 19.2 Å². The Labute approximate surface area is 203 Å². The number of nitrogens with zero attached hydrogens (tertiary/aromatic N) is 3. The van der Waals surface area contributed by atoms with Gasteiger partial charge < -0.3 is 18.8 Å². The van der Waals surface area contributed by atoms with Crippen molar-refractivity contribution in [2.24, 2.45) is 0 Å². The van der Waals surface area contributed by atoms with Crippen LogP contribution in [0.15, 0.2) is 63.1 Å². The molecule has 4 rings (SSSR count). The fourth-order valence-corrected chi connectivity index (χ4v) is 4.33. The average Bonchev–Trinajstić information content (AvgIpc) is 3.38. The zero-order valence-corrected chi connectivity index (χ0v) is 19.9. The number of rotatable bonds is 7. The summed E-state index contributed by atoms with van der Waals surface area (Å²) in [5.74, 6) is -0.824. The van der Waals surface area contributed by atoms with E-state index < -0.39 is 5.97 Å². The van der Waals surface area contributed by atoms with Gasteiger partial charge in [0, 0.05) is 22.1 Å². The summed E-state index contributed by atoms with van der Waals surface area (Å²) in [7, 11) is 1.51. The first kappa shape index (κ1) is 23.6. The lowest BCUT2D eigenvalue weighted by Crippen LogP contribution is -2.00. The van der Waals surface area contributed by atoms with E-state index in [0.29, 0.717) is 21.9 Å². The lowest BCUT2D eigenvalue weighted by atomic mass is 10.2. The van der Waals surface area contributed by atoms with Crippen LogP contribution in [0.5, 0.6) is 5.75 Å². The van der Waals surface area contributed by atoms with Gasteiger partial charge in [-0.05, 0) is 85.8 Å². The second kappa shape index (κ2) is 9.74. The Bertz CT molecular complexity index is 1400. The summed E-state index contributed by atoms with van der Waals surface area (Å²) in [6.07, 6.45) is 1.54. The van der Waals surface area contributed by atoms with Crippen molar-refractivity contribution in [1.82, 2.24) is 14.8 Å². The lowest BCUT2D eigenvalue weighted by Gasteiger charge is -2.09. The van der Waals surface area contributed by atoms with Gasteiger partial charge in [0.2, 0.25) is 0 Å². The van der Waals surface area contributed by atoms with E-state index >= 15 is 0 Å². The van der Waals surface area contributed by atoms with E-state index in [1.807, 2.05) is 24.5 Å². The van der Waals surface area contributed by atoms with E-state index in [2.05, 4.69) is 10.2 Å². The molecule has 0 radical (unpaired) electrons. The van der Waals surface area contributed by atoms with Crippen LogP contribution in [0.2, 0.25) is 5.02 Å². The highest BCUT2D eigenvalue weighted by atomic mass is 35.5. The molecular formula is C24H19ClFN3O4S. The molecule has 1 N–H and O–H groups in total. The van der Waals surface area contributed by atoms with Crippen LogP contribution in [0.1, 0.15) is 17.0 Å². The highest BCUT2D eigenvalue weighted by molar-refractivity contribution is 8.03. The van der Waals surface area contributed by atoms with Gasteiger partial charge in [-0.1, -0.05) is 11.6 Å². The summed E-state index contributed by atoms with van der Waals surface area (Å²) in [6.45, 7) is 3.76. The molecule has 2 heterocycles. The summed E-state index contributed by atoms with van der Waals surface area (Å²) in [5.41, 5.74) is 3.65. The predicted octanol–water partition coefficient (Wildman–Crippen LogP) is 6.16. The second-order valence-corrected chi connectivity index (χ2v) is 8.70. The van der Waals surface area contributed by atoms with Crippen LogP contribution >= 0.6 is 23.4 Å². The topological polar surface area (TPSA) is 90.4 Å². The lowest BCUT2D eigenvalue weighted by molar-refractivity contribution is -0.131. The molecule has 0 saturated carbocycles. The minimum atomic E-state index is -1.14. The summed E-state index contributed by atoms with van der Waals surface area (Å²) in [4.78, 5) is 12.0. The number of ether oxygens (including phenoxy) is 1. The Morgan fingerprint density at radius 2 is 1.91 bits per heavy atom. The number of halogens is 2. The van der Waals surface area contributed by atoms with Crippen LogP contribution in [0.25, 0.3) is 23.2 Å². The zero-order chi connectivity index (χ0) is 24.4. The number of thioether (sulfide) groups is 1. The number of aryl methyl sites for hydroxylation is 1. The summed E-state index contributed by atoms with van der Waals surface area (Å²) in [5, 5.41) is 18.3. The molecule has 2 aromatic heterocycles. The number of hydrogen-bond acceptors (Lipinski definition) is 6. The smallest absolute Gasteiger partial charge is 0.342 e. The van der Waals surface area contributed by atoms with Crippen molar-refractivity contribution in [2.75, 3.05) is 7.11 Å². The van der Waals surface area contributed by atoms with Gasteiger partial charge in [-0.3, -0.25) is 0 Å². The van der Waals surface area contributed by atoms with Crippen molar-refractivity contribution in [2.45, 2.75) is 19.1 Å². The molecule has 0 bridgehead atoms. The summed E-state index contributed by atoms with van der Waals surface area (Å²) in [6, 6.07) is 12.9. The molecular weight excluding hydrogens is 481 g/mol. The van der Waals surface area contributed by atoms with E-state index in [1.54, 1.807) is 36.4 Å². The fraction of sp³-hybridized carbons (Fsp3) is 0.125. The Kier molecular flexibility index (Phi) is 6.76. The van der Waals surface area contributed by atoms with Gasteiger partial charge in [-0.25, -0.2) is 9.18 Å². The Hall–Kier alpha value is -3.56. The number of carboxylic acids is 1. The van der Waals surface area contributed by atoms with Crippen molar-refractivity contribution >= 4 is 35.4 Å². The SMILES string of the molecule is COc1ccc(Cl)cc1-c1nnc(S/C(=C\c2cc(C)n(-c3ccc(F)cc3)c2C)C(=O)O)o1. The molecule has 0 aliphatic carbocycles. The van der Waals surface area contributed by atoms with Crippen molar-refractivity contribution < 1.29 is 23.4 Å². The minimum absolute atomic E-state index is 0.00684. The molecule has 0 amide bonds. The summed E-state index contributed by atoms with van der Waals surface area (Å²) < 4.78 is 26.2. The molecule has 0 atom stereocenters. The standard InChI is InChI=1S/C24H19ClFN3O4S/c1-13-10-15(14(2)29(13)18-7-5-17(26)6-8-18)11-21(23(30)31)34-24-28-27-22(33-24)19-12-16(25)4-9-20(19)32-3/h4-12H,1-3H3,(H,30,31)/b21-11-. The van der Waals surface area contributed by atoms with Gasteiger partial charge in [0.05, 0.1) is 12.7 Å². The highest BCUT2D eigenvalue weighted by Gasteiger charge is 2.19. The molecule has 0 unspecified atom stereocenters. The van der Waals surface area contributed by atoms with Crippen molar-refractivity contribution in [3.8, 4) is 22.9 Å². The number of carboxylic acid groups (broad SMARTS) is 1. The monoisotopic (exact) mass is 499 g/mol. The molecule has 10 heteroatoms. The van der Waals surface area contributed by atoms with Crippen molar-refractivity contribution in [3.63, 3.8) is 0 Å². The van der Waals surface area contributed by atoms with Crippen LogP contribution < -0.4 is 4.74 Å². The number of methoxy groups -OCH3 is 1. The van der Waals surface area contributed by atoms with Gasteiger partial charge in [-0.15, -0.1) is 10.2 Å². The third-order valence-corrected chi connectivity index (χ3v) is 6.14. The Morgan fingerprint density at radius 1 is 1.18 bits per heavy atom. The van der Waals surface area contributed by atoms with Crippen molar-refractivity contribution in [1.29, 1.82) is 0 Å².